The normalized spacial score (nSPS) is 16.3. The van der Waals surface area contributed by atoms with Crippen molar-refractivity contribution in [3.63, 3.8) is 0 Å². The Hall–Kier alpha value is -1.51. The fourth-order valence-electron chi connectivity index (χ4n) is 2.38. The average molecular weight is 246 g/mol. The monoisotopic (exact) mass is 246 g/mol. The Bertz CT molecular complexity index is 380. The molecule has 0 heterocycles. The van der Waals surface area contributed by atoms with Gasteiger partial charge in [-0.3, -0.25) is 4.79 Å². The van der Waals surface area contributed by atoms with Gasteiger partial charge >= 0.3 is 0 Å². The van der Waals surface area contributed by atoms with Crippen LogP contribution in [0.4, 0.5) is 5.69 Å². The van der Waals surface area contributed by atoms with E-state index in [-0.39, 0.29) is 5.91 Å². The summed E-state index contributed by atoms with van der Waals surface area (Å²) in [5.74, 6) is 0.0995. The number of carbonyl (C=O) groups is 1. The average Bonchev–Trinajstić information content (AvgIpc) is 2.39. The molecule has 0 aliphatic heterocycles. The third-order valence-electron chi connectivity index (χ3n) is 3.47. The molecule has 1 aromatic rings. The largest absolute Gasteiger partial charge is 0.376 e. The van der Waals surface area contributed by atoms with Crippen molar-refractivity contribution in [2.75, 3.05) is 11.9 Å². The second kappa shape index (κ2) is 6.43. The second-order valence-electron chi connectivity index (χ2n) is 5.12. The summed E-state index contributed by atoms with van der Waals surface area (Å²) in [6, 6.07) is 8.49. The molecule has 0 radical (unpaired) electrons. The minimum atomic E-state index is 0.0995. The number of aryl methyl sites for hydroxylation is 1. The van der Waals surface area contributed by atoms with Gasteiger partial charge in [0.1, 0.15) is 0 Å². The van der Waals surface area contributed by atoms with E-state index in [9.17, 15) is 4.79 Å². The highest BCUT2D eigenvalue weighted by atomic mass is 16.1. The smallest absolute Gasteiger partial charge is 0.239 e. The molecular weight excluding hydrogens is 224 g/mol. The van der Waals surface area contributed by atoms with E-state index >= 15 is 0 Å². The van der Waals surface area contributed by atoms with Crippen molar-refractivity contribution in [3.8, 4) is 0 Å². The molecule has 1 aliphatic carbocycles. The third-order valence-corrected chi connectivity index (χ3v) is 3.47. The summed E-state index contributed by atoms with van der Waals surface area (Å²) >= 11 is 0. The lowest BCUT2D eigenvalue weighted by atomic mass is 9.95. The van der Waals surface area contributed by atoms with E-state index in [1.165, 1.54) is 24.8 Å². The lowest BCUT2D eigenvalue weighted by Gasteiger charge is -2.22. The highest BCUT2D eigenvalue weighted by Gasteiger charge is 2.15. The van der Waals surface area contributed by atoms with Gasteiger partial charge in [0.15, 0.2) is 0 Å². The zero-order valence-electron chi connectivity index (χ0n) is 11.0. The van der Waals surface area contributed by atoms with Gasteiger partial charge in [-0.25, -0.2) is 0 Å². The first-order valence-electron chi connectivity index (χ1n) is 6.84. The maximum atomic E-state index is 11.8. The van der Waals surface area contributed by atoms with Crippen LogP contribution in [0.1, 0.15) is 37.7 Å². The highest BCUT2D eigenvalue weighted by Crippen LogP contribution is 2.17. The molecule has 0 atom stereocenters. The molecule has 0 saturated heterocycles. The van der Waals surface area contributed by atoms with Crippen LogP contribution in [0.15, 0.2) is 24.3 Å². The van der Waals surface area contributed by atoms with Crippen molar-refractivity contribution in [1.29, 1.82) is 0 Å². The third kappa shape index (κ3) is 4.06. The van der Waals surface area contributed by atoms with E-state index in [4.69, 9.17) is 0 Å². The highest BCUT2D eigenvalue weighted by molar-refractivity contribution is 5.80. The Morgan fingerprint density at radius 2 is 1.83 bits per heavy atom. The number of benzene rings is 1. The molecule has 3 nitrogen and oxygen atoms in total. The number of nitrogens with one attached hydrogen (secondary N) is 2. The van der Waals surface area contributed by atoms with Gasteiger partial charge < -0.3 is 10.6 Å². The molecule has 3 heteroatoms. The molecule has 18 heavy (non-hydrogen) atoms. The molecule has 2 N–H and O–H groups in total. The van der Waals surface area contributed by atoms with E-state index in [0.717, 1.165) is 18.5 Å². The number of amides is 1. The predicted octanol–water partition coefficient (Wildman–Crippen LogP) is 2.86. The van der Waals surface area contributed by atoms with Crippen LogP contribution in [0.5, 0.6) is 0 Å². The molecule has 1 aliphatic rings. The summed E-state index contributed by atoms with van der Waals surface area (Å²) < 4.78 is 0. The van der Waals surface area contributed by atoms with Gasteiger partial charge in [0.25, 0.3) is 0 Å². The first-order chi connectivity index (χ1) is 8.74. The minimum absolute atomic E-state index is 0.0995. The summed E-state index contributed by atoms with van der Waals surface area (Å²) in [6.45, 7) is 2.42. The van der Waals surface area contributed by atoms with Crippen LogP contribution in [-0.2, 0) is 4.79 Å². The molecule has 98 valence electrons. The Morgan fingerprint density at radius 3 is 2.50 bits per heavy atom. The number of hydrogen-bond acceptors (Lipinski definition) is 2. The van der Waals surface area contributed by atoms with Crippen LogP contribution in [-0.4, -0.2) is 18.5 Å². The SMILES string of the molecule is Cc1ccc(NCC(=O)NC2CCCCC2)cc1. The standard InChI is InChI=1S/C15H22N2O/c1-12-7-9-13(10-8-12)16-11-15(18)17-14-5-3-2-4-6-14/h7-10,14,16H,2-6,11H2,1H3,(H,17,18). The summed E-state index contributed by atoms with van der Waals surface area (Å²) in [4.78, 5) is 11.8. The molecule has 1 saturated carbocycles. The molecule has 0 unspecified atom stereocenters. The second-order valence-corrected chi connectivity index (χ2v) is 5.12. The van der Waals surface area contributed by atoms with Gasteiger partial charge in [-0.15, -0.1) is 0 Å². The number of carbonyl (C=O) groups excluding carboxylic acids is 1. The number of hydrogen-bond donors (Lipinski definition) is 2. The molecule has 1 fully saturated rings. The minimum Gasteiger partial charge on any atom is -0.376 e. The van der Waals surface area contributed by atoms with Crippen LogP contribution < -0.4 is 10.6 Å². The van der Waals surface area contributed by atoms with E-state index in [1.54, 1.807) is 0 Å². The van der Waals surface area contributed by atoms with Gasteiger partial charge in [-0.1, -0.05) is 37.0 Å². The predicted molar refractivity (Wildman–Crippen MR) is 74.7 cm³/mol. The summed E-state index contributed by atoms with van der Waals surface area (Å²) in [7, 11) is 0. The van der Waals surface area contributed by atoms with Crippen molar-refractivity contribution in [3.05, 3.63) is 29.8 Å². The van der Waals surface area contributed by atoms with Gasteiger partial charge in [-0.05, 0) is 31.9 Å². The van der Waals surface area contributed by atoms with Gasteiger partial charge in [-0.2, -0.15) is 0 Å². The molecule has 1 amide bonds. The van der Waals surface area contributed by atoms with E-state index in [1.807, 2.05) is 24.3 Å². The Kier molecular flexibility index (Phi) is 4.62. The summed E-state index contributed by atoms with van der Waals surface area (Å²) in [5.41, 5.74) is 2.23. The number of anilines is 1. The van der Waals surface area contributed by atoms with Crippen LogP contribution in [0.2, 0.25) is 0 Å². The Balaban J connectivity index is 1.72. The Morgan fingerprint density at radius 1 is 1.17 bits per heavy atom. The maximum absolute atomic E-state index is 11.8. The van der Waals surface area contributed by atoms with Gasteiger partial charge in [0.2, 0.25) is 5.91 Å². The molecule has 2 rings (SSSR count). The summed E-state index contributed by atoms with van der Waals surface area (Å²) in [5, 5.41) is 6.25. The van der Waals surface area contributed by atoms with E-state index in [2.05, 4.69) is 17.6 Å². The lowest BCUT2D eigenvalue weighted by Crippen LogP contribution is -2.39. The van der Waals surface area contributed by atoms with Crippen molar-refractivity contribution < 1.29 is 4.79 Å². The van der Waals surface area contributed by atoms with Crippen LogP contribution >= 0.6 is 0 Å². The van der Waals surface area contributed by atoms with Crippen molar-refractivity contribution in [2.45, 2.75) is 45.1 Å². The van der Waals surface area contributed by atoms with Gasteiger partial charge in [0, 0.05) is 11.7 Å². The van der Waals surface area contributed by atoms with Crippen LogP contribution in [0, 0.1) is 6.92 Å². The Labute approximate surface area is 109 Å². The van der Waals surface area contributed by atoms with E-state index < -0.39 is 0 Å². The van der Waals surface area contributed by atoms with E-state index in [0.29, 0.717) is 12.6 Å². The topological polar surface area (TPSA) is 41.1 Å². The molecule has 0 aromatic heterocycles. The quantitative estimate of drug-likeness (QED) is 0.857. The first kappa shape index (κ1) is 12.9. The maximum Gasteiger partial charge on any atom is 0.239 e. The van der Waals surface area contributed by atoms with Crippen LogP contribution in [0.3, 0.4) is 0 Å². The summed E-state index contributed by atoms with van der Waals surface area (Å²) in [6.07, 6.45) is 6.08. The van der Waals surface area contributed by atoms with Crippen molar-refractivity contribution in [1.82, 2.24) is 5.32 Å². The zero-order valence-corrected chi connectivity index (χ0v) is 11.0. The number of rotatable bonds is 4. The molecule has 1 aromatic carbocycles. The van der Waals surface area contributed by atoms with Crippen molar-refractivity contribution in [2.24, 2.45) is 0 Å². The fraction of sp³-hybridized carbons (Fsp3) is 0.533. The zero-order chi connectivity index (χ0) is 12.8. The van der Waals surface area contributed by atoms with Crippen LogP contribution in [0.25, 0.3) is 0 Å². The van der Waals surface area contributed by atoms with Gasteiger partial charge in [0.05, 0.1) is 6.54 Å². The molecule has 0 bridgehead atoms. The first-order valence-corrected chi connectivity index (χ1v) is 6.84. The molecule has 0 spiro atoms. The van der Waals surface area contributed by atoms with Crippen molar-refractivity contribution >= 4 is 11.6 Å². The fourth-order valence-corrected chi connectivity index (χ4v) is 2.38. The molecular formula is C15H22N2O. The lowest BCUT2D eigenvalue weighted by molar-refractivity contribution is -0.120.